The third kappa shape index (κ3) is 8.06. The molecule has 0 unspecified atom stereocenters. The van der Waals surface area contributed by atoms with E-state index in [-0.39, 0.29) is 0 Å². The second-order valence-corrected chi connectivity index (χ2v) is 6.60. The minimum atomic E-state index is 0.970. The topological polar surface area (TPSA) is 12.0 Å². The smallest absolute Gasteiger partial charge is 0.0222 e. The van der Waals surface area contributed by atoms with Crippen molar-refractivity contribution in [3.63, 3.8) is 0 Å². The monoisotopic (exact) mass is 339 g/mol. The van der Waals surface area contributed by atoms with Crippen molar-refractivity contribution in [3.8, 4) is 0 Å². The van der Waals surface area contributed by atoms with Crippen molar-refractivity contribution < 1.29 is 0 Å². The molecular weight excluding hydrogens is 310 g/mol. The Bertz CT molecular complexity index is 362. The van der Waals surface area contributed by atoms with Crippen LogP contribution in [0.3, 0.4) is 0 Å². The number of hydrogen-bond acceptors (Lipinski definition) is 1. The molecule has 20 heavy (non-hydrogen) atoms. The number of rotatable bonds is 11. The fourth-order valence-corrected chi connectivity index (χ4v) is 3.04. The molecule has 0 saturated carbocycles. The van der Waals surface area contributed by atoms with Crippen LogP contribution in [-0.2, 0) is 6.54 Å². The Morgan fingerprint density at radius 1 is 0.950 bits per heavy atom. The second-order valence-electron chi connectivity index (χ2n) is 5.75. The van der Waals surface area contributed by atoms with Crippen molar-refractivity contribution in [3.05, 3.63) is 33.8 Å². The molecule has 1 aromatic carbocycles. The van der Waals surface area contributed by atoms with Gasteiger partial charge in [-0.25, -0.2) is 0 Å². The van der Waals surface area contributed by atoms with Gasteiger partial charge in [-0.1, -0.05) is 79.9 Å². The summed E-state index contributed by atoms with van der Waals surface area (Å²) in [6.45, 7) is 6.51. The largest absolute Gasteiger partial charge is 0.313 e. The molecule has 0 heterocycles. The highest BCUT2D eigenvalue weighted by Gasteiger charge is 1.99. The average Bonchev–Trinajstić information content (AvgIpc) is 2.43. The molecule has 1 nitrogen and oxygen atoms in total. The Morgan fingerprint density at radius 2 is 1.60 bits per heavy atom. The van der Waals surface area contributed by atoms with E-state index >= 15 is 0 Å². The summed E-state index contributed by atoms with van der Waals surface area (Å²) in [6.07, 6.45) is 11.1. The molecule has 1 aromatic rings. The molecule has 0 aliphatic rings. The van der Waals surface area contributed by atoms with Gasteiger partial charge in [0.15, 0.2) is 0 Å². The Hall–Kier alpha value is -0.340. The first kappa shape index (κ1) is 17.7. The van der Waals surface area contributed by atoms with Gasteiger partial charge in [0.1, 0.15) is 0 Å². The molecule has 0 amide bonds. The molecule has 1 rings (SSSR count). The van der Waals surface area contributed by atoms with E-state index in [1.165, 1.54) is 67.0 Å². The number of aryl methyl sites for hydroxylation is 1. The molecule has 0 atom stereocenters. The Morgan fingerprint density at radius 3 is 2.25 bits per heavy atom. The molecular formula is C18H30BrN. The van der Waals surface area contributed by atoms with E-state index in [1.807, 2.05) is 0 Å². The van der Waals surface area contributed by atoms with Crippen LogP contribution in [0.1, 0.15) is 69.4 Å². The SMILES string of the molecule is CCCCCCCCCCNCc1ccc(C)cc1Br. The van der Waals surface area contributed by atoms with E-state index in [0.717, 1.165) is 13.1 Å². The highest BCUT2D eigenvalue weighted by molar-refractivity contribution is 9.10. The quantitative estimate of drug-likeness (QED) is 0.488. The molecule has 2 heteroatoms. The molecule has 1 N–H and O–H groups in total. The van der Waals surface area contributed by atoms with Crippen molar-refractivity contribution >= 4 is 15.9 Å². The maximum Gasteiger partial charge on any atom is 0.0222 e. The minimum absolute atomic E-state index is 0.970. The molecule has 114 valence electrons. The van der Waals surface area contributed by atoms with Crippen LogP contribution in [-0.4, -0.2) is 6.54 Å². The summed E-state index contributed by atoms with van der Waals surface area (Å²) >= 11 is 3.63. The van der Waals surface area contributed by atoms with Crippen LogP contribution in [0.2, 0.25) is 0 Å². The summed E-state index contributed by atoms with van der Waals surface area (Å²) < 4.78 is 1.22. The summed E-state index contributed by atoms with van der Waals surface area (Å²) in [5.74, 6) is 0. The van der Waals surface area contributed by atoms with Gasteiger partial charge in [-0.15, -0.1) is 0 Å². The van der Waals surface area contributed by atoms with Gasteiger partial charge >= 0.3 is 0 Å². The Balaban J connectivity index is 1.97. The summed E-state index contributed by atoms with van der Waals surface area (Å²) in [6, 6.07) is 6.57. The summed E-state index contributed by atoms with van der Waals surface area (Å²) in [5, 5.41) is 3.54. The highest BCUT2D eigenvalue weighted by atomic mass is 79.9. The molecule has 0 spiro atoms. The van der Waals surface area contributed by atoms with Crippen LogP contribution in [0.25, 0.3) is 0 Å². The first-order valence-electron chi connectivity index (χ1n) is 8.19. The zero-order valence-electron chi connectivity index (χ0n) is 13.2. The van der Waals surface area contributed by atoms with Crippen molar-refractivity contribution in [2.24, 2.45) is 0 Å². The molecule has 0 fully saturated rings. The van der Waals surface area contributed by atoms with Crippen molar-refractivity contribution in [1.82, 2.24) is 5.32 Å². The zero-order chi connectivity index (χ0) is 14.6. The Kier molecular flexibility index (Phi) is 10.0. The lowest BCUT2D eigenvalue weighted by atomic mass is 10.1. The lowest BCUT2D eigenvalue weighted by Gasteiger charge is -2.08. The number of hydrogen-bond donors (Lipinski definition) is 1. The van der Waals surface area contributed by atoms with Crippen molar-refractivity contribution in [1.29, 1.82) is 0 Å². The van der Waals surface area contributed by atoms with Gasteiger partial charge in [-0.05, 0) is 37.1 Å². The van der Waals surface area contributed by atoms with Crippen LogP contribution in [0, 0.1) is 6.92 Å². The van der Waals surface area contributed by atoms with Gasteiger partial charge in [0.25, 0.3) is 0 Å². The van der Waals surface area contributed by atoms with Gasteiger partial charge in [-0.2, -0.15) is 0 Å². The first-order valence-corrected chi connectivity index (χ1v) is 8.99. The lowest BCUT2D eigenvalue weighted by Crippen LogP contribution is -2.15. The second kappa shape index (κ2) is 11.3. The van der Waals surface area contributed by atoms with E-state index in [2.05, 4.69) is 53.3 Å². The van der Waals surface area contributed by atoms with Crippen LogP contribution >= 0.6 is 15.9 Å². The van der Waals surface area contributed by atoms with E-state index in [1.54, 1.807) is 0 Å². The van der Waals surface area contributed by atoms with Gasteiger partial charge in [0, 0.05) is 11.0 Å². The number of nitrogens with one attached hydrogen (secondary N) is 1. The third-order valence-electron chi connectivity index (χ3n) is 3.73. The zero-order valence-corrected chi connectivity index (χ0v) is 14.8. The van der Waals surface area contributed by atoms with Gasteiger partial charge in [0.05, 0.1) is 0 Å². The van der Waals surface area contributed by atoms with Crippen LogP contribution in [0.5, 0.6) is 0 Å². The standard InChI is InChI=1S/C18H30BrN/c1-3-4-5-6-7-8-9-10-13-20-15-17-12-11-16(2)14-18(17)19/h11-12,14,20H,3-10,13,15H2,1-2H3. The van der Waals surface area contributed by atoms with E-state index in [9.17, 15) is 0 Å². The third-order valence-corrected chi connectivity index (χ3v) is 4.47. The highest BCUT2D eigenvalue weighted by Crippen LogP contribution is 2.18. The van der Waals surface area contributed by atoms with E-state index in [0.29, 0.717) is 0 Å². The average molecular weight is 340 g/mol. The predicted molar refractivity (Wildman–Crippen MR) is 93.2 cm³/mol. The van der Waals surface area contributed by atoms with Gasteiger partial charge in [-0.3, -0.25) is 0 Å². The van der Waals surface area contributed by atoms with Crippen LogP contribution in [0.4, 0.5) is 0 Å². The molecule has 0 radical (unpaired) electrons. The molecule has 0 aromatic heterocycles. The first-order chi connectivity index (χ1) is 9.74. The summed E-state index contributed by atoms with van der Waals surface area (Å²) in [5.41, 5.74) is 2.67. The predicted octanol–water partition coefficient (Wildman–Crippen LogP) is 5.99. The maximum absolute atomic E-state index is 3.63. The lowest BCUT2D eigenvalue weighted by molar-refractivity contribution is 0.555. The number of benzene rings is 1. The van der Waals surface area contributed by atoms with E-state index in [4.69, 9.17) is 0 Å². The normalized spacial score (nSPS) is 10.9. The molecule has 0 saturated heterocycles. The fourth-order valence-electron chi connectivity index (χ4n) is 2.40. The minimum Gasteiger partial charge on any atom is -0.313 e. The fraction of sp³-hybridized carbons (Fsp3) is 0.667. The molecule has 0 aliphatic heterocycles. The van der Waals surface area contributed by atoms with Crippen molar-refractivity contribution in [2.45, 2.75) is 71.8 Å². The molecule has 0 aliphatic carbocycles. The van der Waals surface area contributed by atoms with Gasteiger partial charge < -0.3 is 5.32 Å². The summed E-state index contributed by atoms with van der Waals surface area (Å²) in [7, 11) is 0. The number of unbranched alkanes of at least 4 members (excludes halogenated alkanes) is 7. The molecule has 0 bridgehead atoms. The van der Waals surface area contributed by atoms with Gasteiger partial charge in [0.2, 0.25) is 0 Å². The van der Waals surface area contributed by atoms with Crippen LogP contribution < -0.4 is 5.32 Å². The summed E-state index contributed by atoms with van der Waals surface area (Å²) in [4.78, 5) is 0. The maximum atomic E-state index is 3.63. The Labute approximate surface area is 133 Å². The van der Waals surface area contributed by atoms with E-state index < -0.39 is 0 Å². The van der Waals surface area contributed by atoms with Crippen molar-refractivity contribution in [2.75, 3.05) is 6.54 Å². The number of halogens is 1. The van der Waals surface area contributed by atoms with Crippen LogP contribution in [0.15, 0.2) is 22.7 Å².